The van der Waals surface area contributed by atoms with Crippen LogP contribution in [0.1, 0.15) is 57.6 Å². The van der Waals surface area contributed by atoms with Gasteiger partial charge in [0.25, 0.3) is 0 Å². The van der Waals surface area contributed by atoms with Crippen LogP contribution in [-0.4, -0.2) is 17.2 Å². The number of benzene rings is 1. The Labute approximate surface area is 126 Å². The molecule has 21 heavy (non-hydrogen) atoms. The molecule has 3 rings (SSSR count). The summed E-state index contributed by atoms with van der Waals surface area (Å²) in [5, 5.41) is 0. The molecule has 1 aromatic carbocycles. The zero-order valence-electron chi connectivity index (χ0n) is 13.4. The first kappa shape index (κ1) is 14.6. The van der Waals surface area contributed by atoms with Gasteiger partial charge in [-0.15, -0.1) is 0 Å². The molecule has 1 heterocycles. The molecule has 3 nitrogen and oxygen atoms in total. The lowest BCUT2D eigenvalue weighted by Gasteiger charge is -2.27. The number of epoxide rings is 1. The lowest BCUT2D eigenvalue weighted by molar-refractivity contribution is -0.162. The van der Waals surface area contributed by atoms with Gasteiger partial charge in [0, 0.05) is 0 Å². The molecule has 1 aliphatic carbocycles. The first-order valence-corrected chi connectivity index (χ1v) is 7.80. The predicted octanol–water partition coefficient (Wildman–Crippen LogP) is 3.88. The summed E-state index contributed by atoms with van der Waals surface area (Å²) >= 11 is 0. The van der Waals surface area contributed by atoms with E-state index in [0.29, 0.717) is 0 Å². The number of fused-ring (bicyclic) bond motifs is 1. The molecule has 2 unspecified atom stereocenters. The van der Waals surface area contributed by atoms with Crippen molar-refractivity contribution in [2.75, 3.05) is 0 Å². The van der Waals surface area contributed by atoms with E-state index in [1.807, 2.05) is 20.8 Å². The smallest absolute Gasteiger partial charge is 0.342 e. The van der Waals surface area contributed by atoms with Crippen molar-refractivity contribution < 1.29 is 14.3 Å². The van der Waals surface area contributed by atoms with E-state index in [4.69, 9.17) is 9.47 Å². The number of carbonyl (C=O) groups is 1. The van der Waals surface area contributed by atoms with Crippen LogP contribution in [0.2, 0.25) is 0 Å². The average Bonchev–Trinajstić information content (AvgIpc) is 3.09. The fourth-order valence-electron chi connectivity index (χ4n) is 3.45. The highest BCUT2D eigenvalue weighted by Gasteiger charge is 2.76. The molecule has 1 aliphatic heterocycles. The van der Waals surface area contributed by atoms with Gasteiger partial charge in [0.1, 0.15) is 11.2 Å². The topological polar surface area (TPSA) is 38.8 Å². The van der Waals surface area contributed by atoms with Crippen LogP contribution in [0.15, 0.2) is 24.3 Å². The van der Waals surface area contributed by atoms with Crippen molar-refractivity contribution in [1.82, 2.24) is 0 Å². The molecular formula is C18H24O3. The largest absolute Gasteiger partial charge is 0.458 e. The van der Waals surface area contributed by atoms with E-state index in [-0.39, 0.29) is 5.97 Å². The van der Waals surface area contributed by atoms with Gasteiger partial charge in [0.15, 0.2) is 5.60 Å². The van der Waals surface area contributed by atoms with Gasteiger partial charge in [-0.25, -0.2) is 4.79 Å². The number of rotatable bonds is 2. The minimum absolute atomic E-state index is 0.199. The second-order valence-corrected chi connectivity index (χ2v) is 7.33. The molecule has 0 N–H and O–H groups in total. The van der Waals surface area contributed by atoms with Gasteiger partial charge in [-0.1, -0.05) is 29.8 Å². The number of hydrogen-bond donors (Lipinski definition) is 0. The molecule has 114 valence electrons. The minimum Gasteiger partial charge on any atom is -0.458 e. The third-order valence-electron chi connectivity index (χ3n) is 4.51. The summed E-state index contributed by atoms with van der Waals surface area (Å²) in [5.41, 5.74) is 0.636. The lowest BCUT2D eigenvalue weighted by atomic mass is 9.75. The Morgan fingerprint density at radius 1 is 1.14 bits per heavy atom. The monoisotopic (exact) mass is 288 g/mol. The molecule has 0 radical (unpaired) electrons. The summed E-state index contributed by atoms with van der Waals surface area (Å²) in [7, 11) is 0. The molecule has 0 amide bonds. The summed E-state index contributed by atoms with van der Waals surface area (Å²) in [6.45, 7) is 7.78. The highest BCUT2D eigenvalue weighted by molar-refractivity contribution is 5.86. The molecule has 0 aromatic heterocycles. The maximum Gasteiger partial charge on any atom is 0.342 e. The molecule has 2 atom stereocenters. The van der Waals surface area contributed by atoms with Crippen LogP contribution < -0.4 is 0 Å². The Morgan fingerprint density at radius 2 is 1.76 bits per heavy atom. The zero-order chi connectivity index (χ0) is 15.3. The van der Waals surface area contributed by atoms with Gasteiger partial charge in [0.2, 0.25) is 0 Å². The van der Waals surface area contributed by atoms with E-state index in [1.165, 1.54) is 5.56 Å². The SMILES string of the molecule is Cc1ccc(C23CCCCC2(C(=O)OC(C)(C)C)O3)cc1. The Balaban J connectivity index is 1.92. The summed E-state index contributed by atoms with van der Waals surface area (Å²) in [5.74, 6) is -0.199. The Hall–Kier alpha value is -1.35. The molecule has 1 saturated heterocycles. The Kier molecular flexibility index (Phi) is 3.17. The number of carbonyl (C=O) groups excluding carboxylic acids is 1. The zero-order valence-corrected chi connectivity index (χ0v) is 13.4. The van der Waals surface area contributed by atoms with Crippen LogP contribution in [0.25, 0.3) is 0 Å². The summed E-state index contributed by atoms with van der Waals surface area (Å²) < 4.78 is 11.7. The van der Waals surface area contributed by atoms with Crippen molar-refractivity contribution in [2.24, 2.45) is 0 Å². The Morgan fingerprint density at radius 3 is 2.38 bits per heavy atom. The second kappa shape index (κ2) is 4.57. The third-order valence-corrected chi connectivity index (χ3v) is 4.51. The standard InChI is InChI=1S/C18H24O3/c1-13-7-9-14(10-8-13)17-11-5-6-12-18(17,21-17)15(19)20-16(2,3)4/h7-10H,5-6,11-12H2,1-4H3. The fraction of sp³-hybridized carbons (Fsp3) is 0.611. The maximum atomic E-state index is 12.7. The van der Waals surface area contributed by atoms with E-state index in [2.05, 4.69) is 31.2 Å². The third kappa shape index (κ3) is 2.28. The number of hydrogen-bond acceptors (Lipinski definition) is 3. The van der Waals surface area contributed by atoms with E-state index in [0.717, 1.165) is 31.2 Å². The van der Waals surface area contributed by atoms with Crippen LogP contribution in [0.5, 0.6) is 0 Å². The first-order chi connectivity index (χ1) is 9.79. The number of esters is 1. The molecule has 0 bridgehead atoms. The van der Waals surface area contributed by atoms with Crippen molar-refractivity contribution in [3.63, 3.8) is 0 Å². The van der Waals surface area contributed by atoms with Crippen LogP contribution in [0.4, 0.5) is 0 Å². The van der Waals surface area contributed by atoms with Gasteiger partial charge in [-0.05, 0) is 58.9 Å². The van der Waals surface area contributed by atoms with E-state index < -0.39 is 16.8 Å². The second-order valence-electron chi connectivity index (χ2n) is 7.33. The van der Waals surface area contributed by atoms with Gasteiger partial charge in [-0.2, -0.15) is 0 Å². The van der Waals surface area contributed by atoms with Crippen molar-refractivity contribution >= 4 is 5.97 Å². The van der Waals surface area contributed by atoms with E-state index in [1.54, 1.807) is 0 Å². The van der Waals surface area contributed by atoms with Crippen LogP contribution in [-0.2, 0) is 19.9 Å². The van der Waals surface area contributed by atoms with Gasteiger partial charge < -0.3 is 9.47 Å². The van der Waals surface area contributed by atoms with Crippen molar-refractivity contribution in [3.05, 3.63) is 35.4 Å². The van der Waals surface area contributed by atoms with Crippen molar-refractivity contribution in [2.45, 2.75) is 70.2 Å². The summed E-state index contributed by atoms with van der Waals surface area (Å²) in [6.07, 6.45) is 3.77. The lowest BCUT2D eigenvalue weighted by Crippen LogP contribution is -2.40. The minimum atomic E-state index is -0.756. The summed E-state index contributed by atoms with van der Waals surface area (Å²) in [6, 6.07) is 8.35. The normalized spacial score (nSPS) is 31.4. The highest BCUT2D eigenvalue weighted by Crippen LogP contribution is 2.64. The van der Waals surface area contributed by atoms with E-state index >= 15 is 0 Å². The molecule has 1 saturated carbocycles. The van der Waals surface area contributed by atoms with Crippen molar-refractivity contribution in [3.8, 4) is 0 Å². The van der Waals surface area contributed by atoms with Crippen molar-refractivity contribution in [1.29, 1.82) is 0 Å². The van der Waals surface area contributed by atoms with Gasteiger partial charge in [0.05, 0.1) is 0 Å². The molecule has 1 aromatic rings. The summed E-state index contributed by atoms with van der Waals surface area (Å²) in [4.78, 5) is 12.7. The molecule has 3 heteroatoms. The number of ether oxygens (including phenoxy) is 2. The molecule has 2 fully saturated rings. The number of aryl methyl sites for hydroxylation is 1. The Bertz CT molecular complexity index is 555. The van der Waals surface area contributed by atoms with Crippen LogP contribution >= 0.6 is 0 Å². The molecule has 2 aliphatic rings. The predicted molar refractivity (Wildman–Crippen MR) is 81.0 cm³/mol. The van der Waals surface area contributed by atoms with Crippen LogP contribution in [0.3, 0.4) is 0 Å². The van der Waals surface area contributed by atoms with E-state index in [9.17, 15) is 4.79 Å². The maximum absolute atomic E-state index is 12.7. The highest BCUT2D eigenvalue weighted by atomic mass is 16.7. The quantitative estimate of drug-likeness (QED) is 0.612. The average molecular weight is 288 g/mol. The van der Waals surface area contributed by atoms with Crippen LogP contribution in [0, 0.1) is 6.92 Å². The molecular weight excluding hydrogens is 264 g/mol. The fourth-order valence-corrected chi connectivity index (χ4v) is 3.45. The molecule has 0 spiro atoms. The van der Waals surface area contributed by atoms with Gasteiger partial charge >= 0.3 is 5.97 Å². The van der Waals surface area contributed by atoms with Gasteiger partial charge in [-0.3, -0.25) is 0 Å². The first-order valence-electron chi connectivity index (χ1n) is 7.80.